The third kappa shape index (κ3) is 3.44. The smallest absolute Gasteiger partial charge is 0.244 e. The first kappa shape index (κ1) is 15.1. The largest absolute Gasteiger partial charge is 0.492 e. The van der Waals surface area contributed by atoms with Crippen LogP contribution < -0.4 is 15.4 Å². The number of carbonyl (C=O) groups is 1. The molecule has 1 atom stereocenters. The first-order valence-corrected chi connectivity index (χ1v) is 7.42. The van der Waals surface area contributed by atoms with Crippen LogP contribution in [0.25, 0.3) is 0 Å². The lowest BCUT2D eigenvalue weighted by atomic mass is 9.99. The Balaban J connectivity index is 2.03. The van der Waals surface area contributed by atoms with Crippen molar-refractivity contribution in [2.24, 2.45) is 0 Å². The van der Waals surface area contributed by atoms with Crippen LogP contribution in [0.3, 0.4) is 0 Å². The number of rotatable bonds is 5. The van der Waals surface area contributed by atoms with Crippen molar-refractivity contribution in [3.8, 4) is 5.75 Å². The highest BCUT2D eigenvalue weighted by Gasteiger charge is 2.35. The molecule has 4 nitrogen and oxygen atoms in total. The van der Waals surface area contributed by atoms with Crippen molar-refractivity contribution >= 4 is 23.2 Å². The molecule has 1 unspecified atom stereocenters. The average molecular weight is 297 g/mol. The first-order valence-electron chi connectivity index (χ1n) is 7.04. The van der Waals surface area contributed by atoms with Gasteiger partial charge in [-0.15, -0.1) is 0 Å². The van der Waals surface area contributed by atoms with Gasteiger partial charge in [-0.3, -0.25) is 4.79 Å². The van der Waals surface area contributed by atoms with Gasteiger partial charge in [0.25, 0.3) is 0 Å². The number of amides is 1. The van der Waals surface area contributed by atoms with Crippen molar-refractivity contribution in [1.82, 2.24) is 5.32 Å². The minimum absolute atomic E-state index is 0.0201. The van der Waals surface area contributed by atoms with Crippen LogP contribution in [0, 0.1) is 0 Å². The van der Waals surface area contributed by atoms with E-state index in [1.165, 1.54) is 0 Å². The second-order valence-corrected chi connectivity index (χ2v) is 5.72. The molecule has 0 aromatic heterocycles. The van der Waals surface area contributed by atoms with Gasteiger partial charge in [0, 0.05) is 5.69 Å². The minimum atomic E-state index is -0.482. The number of nitrogens with one attached hydrogen (secondary N) is 2. The van der Waals surface area contributed by atoms with Gasteiger partial charge >= 0.3 is 0 Å². The van der Waals surface area contributed by atoms with E-state index in [2.05, 4.69) is 10.6 Å². The van der Waals surface area contributed by atoms with Crippen LogP contribution in [-0.4, -0.2) is 24.6 Å². The summed E-state index contributed by atoms with van der Waals surface area (Å²) in [5.74, 6) is 0.630. The Hall–Kier alpha value is -1.26. The zero-order chi connectivity index (χ0) is 14.6. The fourth-order valence-electron chi connectivity index (χ4n) is 2.27. The number of benzene rings is 1. The molecule has 1 saturated heterocycles. The Labute approximate surface area is 124 Å². The van der Waals surface area contributed by atoms with Gasteiger partial charge in [-0.2, -0.15) is 0 Å². The molecule has 1 aliphatic heterocycles. The summed E-state index contributed by atoms with van der Waals surface area (Å²) in [5.41, 5.74) is 0.211. The van der Waals surface area contributed by atoms with Gasteiger partial charge in [0.2, 0.25) is 5.91 Å². The summed E-state index contributed by atoms with van der Waals surface area (Å²) >= 11 is 6.15. The SMILES string of the molecule is CCCOc1ccc(NC(=O)C2(C)CCCN2)cc1Cl. The predicted molar refractivity (Wildman–Crippen MR) is 81.5 cm³/mol. The maximum absolute atomic E-state index is 12.3. The summed E-state index contributed by atoms with van der Waals surface area (Å²) in [6.45, 7) is 5.48. The average Bonchev–Trinajstić information content (AvgIpc) is 2.86. The van der Waals surface area contributed by atoms with Crippen molar-refractivity contribution in [2.75, 3.05) is 18.5 Å². The lowest BCUT2D eigenvalue weighted by Crippen LogP contribution is -2.47. The molecule has 1 heterocycles. The van der Waals surface area contributed by atoms with Crippen LogP contribution in [0.1, 0.15) is 33.1 Å². The third-order valence-corrected chi connectivity index (χ3v) is 3.82. The van der Waals surface area contributed by atoms with Crippen LogP contribution in [0.4, 0.5) is 5.69 Å². The molecule has 1 aromatic carbocycles. The highest BCUT2D eigenvalue weighted by molar-refractivity contribution is 6.32. The minimum Gasteiger partial charge on any atom is -0.492 e. The number of ether oxygens (including phenoxy) is 1. The standard InChI is InChI=1S/C15H21ClN2O2/c1-3-9-20-13-6-5-11(10-12(13)16)18-14(19)15(2)7-4-8-17-15/h5-6,10,17H,3-4,7-9H2,1-2H3,(H,18,19). The fraction of sp³-hybridized carbons (Fsp3) is 0.533. The van der Waals surface area contributed by atoms with E-state index in [-0.39, 0.29) is 5.91 Å². The lowest BCUT2D eigenvalue weighted by molar-refractivity contribution is -0.121. The van der Waals surface area contributed by atoms with Crippen LogP contribution in [0.15, 0.2) is 18.2 Å². The van der Waals surface area contributed by atoms with E-state index >= 15 is 0 Å². The summed E-state index contributed by atoms with van der Waals surface area (Å²) in [6.07, 6.45) is 2.80. The number of hydrogen-bond acceptors (Lipinski definition) is 3. The van der Waals surface area contributed by atoms with Crippen molar-refractivity contribution in [2.45, 2.75) is 38.6 Å². The van der Waals surface area contributed by atoms with Crippen molar-refractivity contribution in [3.63, 3.8) is 0 Å². The van der Waals surface area contributed by atoms with Gasteiger partial charge < -0.3 is 15.4 Å². The Kier molecular flexibility index (Phi) is 4.89. The van der Waals surface area contributed by atoms with E-state index in [1.807, 2.05) is 19.9 Å². The molecule has 0 saturated carbocycles. The van der Waals surface area contributed by atoms with E-state index in [1.54, 1.807) is 12.1 Å². The van der Waals surface area contributed by atoms with Crippen LogP contribution in [0.5, 0.6) is 5.75 Å². The second-order valence-electron chi connectivity index (χ2n) is 5.31. The number of anilines is 1. The molecule has 0 bridgehead atoms. The molecule has 110 valence electrons. The summed E-state index contributed by atoms with van der Waals surface area (Å²) in [5, 5.41) is 6.66. The molecule has 1 aromatic rings. The predicted octanol–water partition coefficient (Wildman–Crippen LogP) is 3.21. The van der Waals surface area contributed by atoms with E-state index in [4.69, 9.17) is 16.3 Å². The van der Waals surface area contributed by atoms with Gasteiger partial charge in [0.05, 0.1) is 17.2 Å². The molecule has 1 amide bonds. The molecule has 5 heteroatoms. The number of carbonyl (C=O) groups excluding carboxylic acids is 1. The molecule has 2 rings (SSSR count). The third-order valence-electron chi connectivity index (χ3n) is 3.52. The van der Waals surface area contributed by atoms with E-state index in [0.29, 0.717) is 23.1 Å². The molecule has 0 radical (unpaired) electrons. The molecule has 1 fully saturated rings. The quantitative estimate of drug-likeness (QED) is 0.877. The van der Waals surface area contributed by atoms with Gasteiger partial charge in [0.15, 0.2) is 0 Å². The van der Waals surface area contributed by atoms with Crippen molar-refractivity contribution < 1.29 is 9.53 Å². The van der Waals surface area contributed by atoms with E-state index < -0.39 is 5.54 Å². The molecule has 20 heavy (non-hydrogen) atoms. The normalized spacial score (nSPS) is 21.8. The maximum Gasteiger partial charge on any atom is 0.244 e. The Morgan fingerprint density at radius 2 is 2.35 bits per heavy atom. The Morgan fingerprint density at radius 1 is 1.55 bits per heavy atom. The molecule has 0 spiro atoms. The number of halogens is 1. The van der Waals surface area contributed by atoms with Crippen LogP contribution >= 0.6 is 11.6 Å². The fourth-order valence-corrected chi connectivity index (χ4v) is 2.50. The van der Waals surface area contributed by atoms with E-state index in [9.17, 15) is 4.79 Å². The summed E-state index contributed by atoms with van der Waals surface area (Å²) in [6, 6.07) is 5.33. The molecular formula is C15H21ClN2O2. The molecule has 1 aliphatic rings. The van der Waals surface area contributed by atoms with Crippen molar-refractivity contribution in [1.29, 1.82) is 0 Å². The second kappa shape index (κ2) is 6.46. The highest BCUT2D eigenvalue weighted by Crippen LogP contribution is 2.29. The first-order chi connectivity index (χ1) is 9.55. The maximum atomic E-state index is 12.3. The van der Waals surface area contributed by atoms with Crippen LogP contribution in [-0.2, 0) is 4.79 Å². The monoisotopic (exact) mass is 296 g/mol. The van der Waals surface area contributed by atoms with Crippen LogP contribution in [0.2, 0.25) is 5.02 Å². The molecule has 2 N–H and O–H groups in total. The highest BCUT2D eigenvalue weighted by atomic mass is 35.5. The van der Waals surface area contributed by atoms with Gasteiger partial charge in [0.1, 0.15) is 5.75 Å². The summed E-state index contributed by atoms with van der Waals surface area (Å²) in [7, 11) is 0. The van der Waals surface area contributed by atoms with Gasteiger partial charge in [-0.25, -0.2) is 0 Å². The lowest BCUT2D eigenvalue weighted by Gasteiger charge is -2.23. The zero-order valence-electron chi connectivity index (χ0n) is 12.0. The Bertz CT molecular complexity index is 485. The Morgan fingerprint density at radius 3 is 2.95 bits per heavy atom. The summed E-state index contributed by atoms with van der Waals surface area (Å²) in [4.78, 5) is 12.3. The summed E-state index contributed by atoms with van der Waals surface area (Å²) < 4.78 is 5.51. The van der Waals surface area contributed by atoms with E-state index in [0.717, 1.165) is 25.8 Å². The molecule has 0 aliphatic carbocycles. The van der Waals surface area contributed by atoms with Gasteiger partial charge in [-0.05, 0) is 50.9 Å². The topological polar surface area (TPSA) is 50.4 Å². The molecular weight excluding hydrogens is 276 g/mol. The zero-order valence-corrected chi connectivity index (χ0v) is 12.7. The number of hydrogen-bond donors (Lipinski definition) is 2. The van der Waals surface area contributed by atoms with Gasteiger partial charge in [-0.1, -0.05) is 18.5 Å². The van der Waals surface area contributed by atoms with Crippen molar-refractivity contribution in [3.05, 3.63) is 23.2 Å².